The van der Waals surface area contributed by atoms with Gasteiger partial charge in [0.15, 0.2) is 0 Å². The van der Waals surface area contributed by atoms with Gasteiger partial charge in [0.1, 0.15) is 0 Å². The van der Waals surface area contributed by atoms with E-state index in [4.69, 9.17) is 0 Å². The summed E-state index contributed by atoms with van der Waals surface area (Å²) in [6, 6.07) is 14.2. The van der Waals surface area contributed by atoms with E-state index in [-0.39, 0.29) is 0 Å². The molecule has 0 aliphatic rings. The second-order valence-corrected chi connectivity index (χ2v) is 3.83. The first kappa shape index (κ1) is 11.3. The molecule has 84 valence electrons. The van der Waals surface area contributed by atoms with E-state index in [2.05, 4.69) is 42.2 Å². The lowest BCUT2D eigenvalue weighted by atomic mass is 10.1. The summed E-state index contributed by atoms with van der Waals surface area (Å²) >= 11 is 0. The first-order valence-electron chi connectivity index (χ1n) is 5.68. The number of allylic oxidation sites excluding steroid dienone is 2. The summed E-state index contributed by atoms with van der Waals surface area (Å²) in [4.78, 5) is 4.22. The number of benzene rings is 1. The second-order valence-electron chi connectivity index (χ2n) is 3.83. The van der Waals surface area contributed by atoms with Crippen LogP contribution in [0.15, 0.2) is 60.8 Å². The first-order chi connectivity index (χ1) is 8.36. The SMILES string of the molecule is Cc1ccccc1/C=C/C=C/c1ccccn1. The Balaban J connectivity index is 2.04. The van der Waals surface area contributed by atoms with Gasteiger partial charge in [-0.3, -0.25) is 4.98 Å². The van der Waals surface area contributed by atoms with Crippen LogP contribution in [0.4, 0.5) is 0 Å². The van der Waals surface area contributed by atoms with Crippen molar-refractivity contribution in [3.8, 4) is 0 Å². The molecule has 2 aromatic rings. The molecule has 1 aromatic carbocycles. The molecule has 0 aliphatic carbocycles. The minimum Gasteiger partial charge on any atom is -0.257 e. The predicted octanol–water partition coefficient (Wildman–Crippen LogP) is 4.12. The van der Waals surface area contributed by atoms with E-state index in [1.807, 2.05) is 36.4 Å². The highest BCUT2D eigenvalue weighted by Crippen LogP contribution is 2.09. The third kappa shape index (κ3) is 3.42. The summed E-state index contributed by atoms with van der Waals surface area (Å²) in [6.45, 7) is 2.11. The van der Waals surface area contributed by atoms with Crippen LogP contribution in [0.2, 0.25) is 0 Å². The van der Waals surface area contributed by atoms with Crippen molar-refractivity contribution in [2.24, 2.45) is 0 Å². The Bertz CT molecular complexity index is 524. The highest BCUT2D eigenvalue weighted by molar-refractivity contribution is 5.57. The molecule has 1 aromatic heterocycles. The van der Waals surface area contributed by atoms with Crippen molar-refractivity contribution in [3.63, 3.8) is 0 Å². The molecule has 0 aliphatic heterocycles. The average molecular weight is 221 g/mol. The predicted molar refractivity (Wildman–Crippen MR) is 73.5 cm³/mol. The number of hydrogen-bond donors (Lipinski definition) is 0. The van der Waals surface area contributed by atoms with E-state index < -0.39 is 0 Å². The van der Waals surface area contributed by atoms with Crippen LogP contribution in [0.3, 0.4) is 0 Å². The average Bonchev–Trinajstić information content (AvgIpc) is 2.38. The molecule has 0 radical (unpaired) electrons. The maximum Gasteiger partial charge on any atom is 0.0629 e. The molecule has 0 atom stereocenters. The van der Waals surface area contributed by atoms with Gasteiger partial charge in [-0.1, -0.05) is 48.6 Å². The maximum atomic E-state index is 4.22. The lowest BCUT2D eigenvalue weighted by Crippen LogP contribution is -1.77. The zero-order chi connectivity index (χ0) is 11.9. The molecule has 0 bridgehead atoms. The van der Waals surface area contributed by atoms with Crippen molar-refractivity contribution in [2.75, 3.05) is 0 Å². The highest BCUT2D eigenvalue weighted by Gasteiger charge is 1.89. The second kappa shape index (κ2) is 5.80. The van der Waals surface area contributed by atoms with E-state index in [9.17, 15) is 0 Å². The molecule has 1 heterocycles. The Kier molecular flexibility index (Phi) is 3.87. The third-order valence-corrected chi connectivity index (χ3v) is 2.53. The summed E-state index contributed by atoms with van der Waals surface area (Å²) in [5.41, 5.74) is 3.51. The third-order valence-electron chi connectivity index (χ3n) is 2.53. The van der Waals surface area contributed by atoms with Gasteiger partial charge in [0.25, 0.3) is 0 Å². The summed E-state index contributed by atoms with van der Waals surface area (Å²) in [5.74, 6) is 0. The van der Waals surface area contributed by atoms with Crippen LogP contribution >= 0.6 is 0 Å². The quantitative estimate of drug-likeness (QED) is 0.710. The molecule has 2 rings (SSSR count). The van der Waals surface area contributed by atoms with Crippen LogP contribution in [0.5, 0.6) is 0 Å². The van der Waals surface area contributed by atoms with Crippen LogP contribution in [0.25, 0.3) is 12.2 Å². The van der Waals surface area contributed by atoms with Crippen molar-refractivity contribution in [1.82, 2.24) is 4.98 Å². The van der Waals surface area contributed by atoms with Crippen LogP contribution < -0.4 is 0 Å². The molecule has 0 spiro atoms. The van der Waals surface area contributed by atoms with E-state index >= 15 is 0 Å². The summed E-state index contributed by atoms with van der Waals surface area (Å²) in [6.07, 6.45) is 9.94. The molecular formula is C16H15N. The summed E-state index contributed by atoms with van der Waals surface area (Å²) in [7, 11) is 0. The van der Waals surface area contributed by atoms with Crippen LogP contribution in [-0.2, 0) is 0 Å². The zero-order valence-corrected chi connectivity index (χ0v) is 9.88. The fourth-order valence-corrected chi connectivity index (χ4v) is 1.56. The Labute approximate surface area is 102 Å². The molecule has 0 saturated heterocycles. The van der Waals surface area contributed by atoms with Gasteiger partial charge in [0.2, 0.25) is 0 Å². The van der Waals surface area contributed by atoms with Crippen molar-refractivity contribution in [2.45, 2.75) is 6.92 Å². The van der Waals surface area contributed by atoms with Gasteiger partial charge in [0, 0.05) is 6.20 Å². The highest BCUT2D eigenvalue weighted by atomic mass is 14.6. The molecule has 0 fully saturated rings. The summed E-state index contributed by atoms with van der Waals surface area (Å²) in [5, 5.41) is 0. The maximum absolute atomic E-state index is 4.22. The normalized spacial score (nSPS) is 11.4. The molecule has 17 heavy (non-hydrogen) atoms. The molecule has 1 heteroatoms. The Morgan fingerprint density at radius 3 is 2.41 bits per heavy atom. The number of aromatic nitrogens is 1. The van der Waals surface area contributed by atoms with E-state index in [1.165, 1.54) is 11.1 Å². The largest absolute Gasteiger partial charge is 0.257 e. The molecule has 0 N–H and O–H groups in total. The molecule has 1 nitrogen and oxygen atoms in total. The molecular weight excluding hydrogens is 206 g/mol. The van der Waals surface area contributed by atoms with Gasteiger partial charge in [-0.15, -0.1) is 0 Å². The van der Waals surface area contributed by atoms with Gasteiger partial charge >= 0.3 is 0 Å². The number of pyridine rings is 1. The Hall–Kier alpha value is -2.15. The van der Waals surface area contributed by atoms with Gasteiger partial charge in [-0.25, -0.2) is 0 Å². The molecule has 0 saturated carbocycles. The van der Waals surface area contributed by atoms with Crippen LogP contribution in [-0.4, -0.2) is 4.98 Å². The Morgan fingerprint density at radius 1 is 0.882 bits per heavy atom. The van der Waals surface area contributed by atoms with Crippen molar-refractivity contribution >= 4 is 12.2 Å². The standard InChI is InChI=1S/C16H15N/c1-14-8-2-3-9-15(14)10-4-5-11-16-12-6-7-13-17-16/h2-13H,1H3/b10-4+,11-5+. The lowest BCUT2D eigenvalue weighted by Gasteiger charge is -1.96. The van der Waals surface area contributed by atoms with Crippen molar-refractivity contribution in [1.29, 1.82) is 0 Å². The molecule has 0 unspecified atom stereocenters. The van der Waals surface area contributed by atoms with Gasteiger partial charge in [-0.2, -0.15) is 0 Å². The fraction of sp³-hybridized carbons (Fsp3) is 0.0625. The van der Waals surface area contributed by atoms with Gasteiger partial charge in [-0.05, 0) is 36.3 Å². The minimum atomic E-state index is 0.974. The smallest absolute Gasteiger partial charge is 0.0629 e. The topological polar surface area (TPSA) is 12.9 Å². The summed E-state index contributed by atoms with van der Waals surface area (Å²) < 4.78 is 0. The molecule has 0 amide bonds. The minimum absolute atomic E-state index is 0.974. The van der Waals surface area contributed by atoms with Crippen molar-refractivity contribution < 1.29 is 0 Å². The van der Waals surface area contributed by atoms with E-state index in [1.54, 1.807) is 6.20 Å². The fourth-order valence-electron chi connectivity index (χ4n) is 1.56. The monoisotopic (exact) mass is 221 g/mol. The Morgan fingerprint density at radius 2 is 1.65 bits per heavy atom. The number of rotatable bonds is 3. The number of nitrogens with zero attached hydrogens (tertiary/aromatic N) is 1. The van der Waals surface area contributed by atoms with Crippen molar-refractivity contribution in [3.05, 3.63) is 77.6 Å². The van der Waals surface area contributed by atoms with Crippen LogP contribution in [0.1, 0.15) is 16.8 Å². The zero-order valence-electron chi connectivity index (χ0n) is 9.88. The first-order valence-corrected chi connectivity index (χ1v) is 5.68. The van der Waals surface area contributed by atoms with Gasteiger partial charge < -0.3 is 0 Å². The van der Waals surface area contributed by atoms with E-state index in [0.717, 1.165) is 5.69 Å². The van der Waals surface area contributed by atoms with E-state index in [0.29, 0.717) is 0 Å². The lowest BCUT2D eigenvalue weighted by molar-refractivity contribution is 1.30. The van der Waals surface area contributed by atoms with Crippen LogP contribution in [0, 0.1) is 6.92 Å². The van der Waals surface area contributed by atoms with Gasteiger partial charge in [0.05, 0.1) is 5.69 Å². The number of aryl methyl sites for hydroxylation is 1. The number of hydrogen-bond acceptors (Lipinski definition) is 1.